The highest BCUT2D eigenvalue weighted by Crippen LogP contribution is 2.36. The Balaban J connectivity index is 1.67. The minimum atomic E-state index is -0.163. The molecule has 29 heavy (non-hydrogen) atoms. The summed E-state index contributed by atoms with van der Waals surface area (Å²) in [6.45, 7) is 7.85. The van der Waals surface area contributed by atoms with Gasteiger partial charge in [0.1, 0.15) is 36.7 Å². The molecule has 0 fully saturated rings. The number of amides is 1. The molecule has 1 aliphatic rings. The van der Waals surface area contributed by atoms with E-state index in [1.165, 1.54) is 6.33 Å². The fourth-order valence-corrected chi connectivity index (χ4v) is 3.47. The van der Waals surface area contributed by atoms with Crippen LogP contribution < -0.4 is 20.1 Å². The van der Waals surface area contributed by atoms with Crippen LogP contribution in [0.25, 0.3) is 11.0 Å². The molecule has 152 valence electrons. The first-order valence-corrected chi connectivity index (χ1v) is 9.84. The molecule has 2 aromatic heterocycles. The van der Waals surface area contributed by atoms with Crippen molar-refractivity contribution in [3.05, 3.63) is 41.9 Å². The number of aromatic amines is 1. The molecular formula is C21H25N5O3. The van der Waals surface area contributed by atoms with Gasteiger partial charge in [-0.05, 0) is 36.6 Å². The van der Waals surface area contributed by atoms with E-state index < -0.39 is 0 Å². The third-order valence-electron chi connectivity index (χ3n) is 4.89. The zero-order chi connectivity index (χ0) is 20.4. The van der Waals surface area contributed by atoms with Gasteiger partial charge in [0, 0.05) is 6.54 Å². The maximum absolute atomic E-state index is 12.2. The van der Waals surface area contributed by atoms with Crippen LogP contribution in [-0.2, 0) is 0 Å². The van der Waals surface area contributed by atoms with E-state index in [1.54, 1.807) is 6.07 Å². The lowest BCUT2D eigenvalue weighted by atomic mass is 9.95. The number of hydrogen-bond donors (Lipinski definition) is 3. The van der Waals surface area contributed by atoms with E-state index in [1.807, 2.05) is 25.1 Å². The fourth-order valence-electron chi connectivity index (χ4n) is 3.47. The Morgan fingerprint density at radius 1 is 1.17 bits per heavy atom. The SMILES string of the molecule is CCNC(=O)c1cc2c(N[C@@H](c3ccc4c(c3)OCCO4)C(C)C)ncnc2[nH]1. The molecule has 0 saturated heterocycles. The van der Waals surface area contributed by atoms with Crippen LogP contribution in [0.5, 0.6) is 11.5 Å². The second-order valence-corrected chi connectivity index (χ2v) is 7.30. The van der Waals surface area contributed by atoms with Gasteiger partial charge in [0.05, 0.1) is 11.4 Å². The molecule has 3 heterocycles. The molecule has 0 unspecified atom stereocenters. The summed E-state index contributed by atoms with van der Waals surface area (Å²) in [5.74, 6) is 2.32. The molecule has 1 aromatic carbocycles. The van der Waals surface area contributed by atoms with Crippen molar-refractivity contribution < 1.29 is 14.3 Å². The van der Waals surface area contributed by atoms with Gasteiger partial charge in [-0.25, -0.2) is 9.97 Å². The van der Waals surface area contributed by atoms with Gasteiger partial charge in [0.2, 0.25) is 0 Å². The number of carbonyl (C=O) groups is 1. The molecule has 8 nitrogen and oxygen atoms in total. The highest BCUT2D eigenvalue weighted by molar-refractivity contribution is 5.99. The summed E-state index contributed by atoms with van der Waals surface area (Å²) in [5, 5.41) is 7.10. The summed E-state index contributed by atoms with van der Waals surface area (Å²) in [6, 6.07) is 7.78. The topological polar surface area (TPSA) is 101 Å². The maximum atomic E-state index is 12.2. The van der Waals surface area contributed by atoms with E-state index >= 15 is 0 Å². The molecule has 1 amide bonds. The third kappa shape index (κ3) is 3.83. The molecule has 3 aromatic rings. The van der Waals surface area contributed by atoms with Crippen molar-refractivity contribution in [1.82, 2.24) is 20.3 Å². The Morgan fingerprint density at radius 2 is 1.97 bits per heavy atom. The Bertz CT molecular complexity index is 1030. The predicted molar refractivity (Wildman–Crippen MR) is 111 cm³/mol. The number of rotatable bonds is 6. The van der Waals surface area contributed by atoms with Crippen LogP contribution in [0.1, 0.15) is 42.9 Å². The summed E-state index contributed by atoms with van der Waals surface area (Å²) < 4.78 is 11.4. The molecule has 0 spiro atoms. The lowest BCUT2D eigenvalue weighted by Gasteiger charge is -2.26. The fraction of sp³-hybridized carbons (Fsp3) is 0.381. The van der Waals surface area contributed by atoms with Crippen molar-refractivity contribution in [3.8, 4) is 11.5 Å². The van der Waals surface area contributed by atoms with Gasteiger partial charge in [-0.2, -0.15) is 0 Å². The molecular weight excluding hydrogens is 370 g/mol. The number of hydrogen-bond acceptors (Lipinski definition) is 6. The molecule has 3 N–H and O–H groups in total. The van der Waals surface area contributed by atoms with Crippen LogP contribution in [0.2, 0.25) is 0 Å². The first kappa shape index (κ1) is 19.0. The first-order valence-electron chi connectivity index (χ1n) is 9.84. The molecule has 0 radical (unpaired) electrons. The standard InChI is InChI=1S/C21H25N5O3/c1-4-22-21(27)15-10-14-19(25-15)23-11-24-20(14)26-18(12(2)3)13-5-6-16-17(9-13)29-8-7-28-16/h5-6,9-12,18H,4,7-8H2,1-3H3,(H,22,27)(H2,23,24,25,26)/t18-/m1/s1. The van der Waals surface area contributed by atoms with Gasteiger partial charge in [-0.15, -0.1) is 0 Å². The molecule has 0 bridgehead atoms. The monoisotopic (exact) mass is 395 g/mol. The number of nitrogens with one attached hydrogen (secondary N) is 3. The van der Waals surface area contributed by atoms with E-state index in [-0.39, 0.29) is 17.9 Å². The van der Waals surface area contributed by atoms with Gasteiger partial charge < -0.3 is 25.1 Å². The number of ether oxygens (including phenoxy) is 2. The summed E-state index contributed by atoms with van der Waals surface area (Å²) in [4.78, 5) is 23.9. The second kappa shape index (κ2) is 7.98. The van der Waals surface area contributed by atoms with Gasteiger partial charge in [-0.1, -0.05) is 19.9 Å². The number of H-pyrrole nitrogens is 1. The molecule has 4 rings (SSSR count). The molecule has 0 aliphatic carbocycles. The number of carbonyl (C=O) groups excluding carboxylic acids is 1. The van der Waals surface area contributed by atoms with Crippen LogP contribution in [0.3, 0.4) is 0 Å². The molecule has 0 saturated carbocycles. The summed E-state index contributed by atoms with van der Waals surface area (Å²) in [7, 11) is 0. The Kier molecular flexibility index (Phi) is 5.24. The highest BCUT2D eigenvalue weighted by atomic mass is 16.6. The minimum absolute atomic E-state index is 0.00764. The van der Waals surface area contributed by atoms with Gasteiger partial charge in [0.25, 0.3) is 5.91 Å². The van der Waals surface area contributed by atoms with Crippen molar-refractivity contribution in [3.63, 3.8) is 0 Å². The number of benzene rings is 1. The van der Waals surface area contributed by atoms with E-state index in [2.05, 4.69) is 39.4 Å². The minimum Gasteiger partial charge on any atom is -0.486 e. The number of fused-ring (bicyclic) bond motifs is 2. The van der Waals surface area contributed by atoms with E-state index in [4.69, 9.17) is 9.47 Å². The van der Waals surface area contributed by atoms with Crippen molar-refractivity contribution >= 4 is 22.8 Å². The zero-order valence-electron chi connectivity index (χ0n) is 16.8. The van der Waals surface area contributed by atoms with Crippen LogP contribution in [0.15, 0.2) is 30.6 Å². The van der Waals surface area contributed by atoms with Crippen LogP contribution in [-0.4, -0.2) is 40.6 Å². The lowest BCUT2D eigenvalue weighted by Crippen LogP contribution is -2.22. The average Bonchev–Trinajstić information content (AvgIpc) is 3.17. The van der Waals surface area contributed by atoms with Gasteiger partial charge >= 0.3 is 0 Å². The second-order valence-electron chi connectivity index (χ2n) is 7.30. The van der Waals surface area contributed by atoms with Crippen molar-refractivity contribution in [2.45, 2.75) is 26.8 Å². The smallest absolute Gasteiger partial charge is 0.267 e. The summed E-state index contributed by atoms with van der Waals surface area (Å²) in [5.41, 5.74) is 2.16. The normalized spacial score (nSPS) is 14.1. The lowest BCUT2D eigenvalue weighted by molar-refractivity contribution is 0.0951. The van der Waals surface area contributed by atoms with Crippen LogP contribution in [0, 0.1) is 5.92 Å². The number of nitrogens with zero attached hydrogens (tertiary/aromatic N) is 2. The van der Waals surface area contributed by atoms with E-state index in [0.29, 0.717) is 36.9 Å². The van der Waals surface area contributed by atoms with Gasteiger partial charge in [0.15, 0.2) is 11.5 Å². The van der Waals surface area contributed by atoms with Crippen molar-refractivity contribution in [2.75, 3.05) is 25.1 Å². The maximum Gasteiger partial charge on any atom is 0.267 e. The Morgan fingerprint density at radius 3 is 2.72 bits per heavy atom. The van der Waals surface area contributed by atoms with E-state index in [9.17, 15) is 4.79 Å². The predicted octanol–water partition coefficient (Wildman–Crippen LogP) is 3.29. The average molecular weight is 395 g/mol. The summed E-state index contributed by atoms with van der Waals surface area (Å²) >= 11 is 0. The third-order valence-corrected chi connectivity index (χ3v) is 4.89. The Labute approximate surface area is 169 Å². The van der Waals surface area contributed by atoms with Crippen molar-refractivity contribution in [2.24, 2.45) is 5.92 Å². The van der Waals surface area contributed by atoms with Crippen LogP contribution in [0.4, 0.5) is 5.82 Å². The molecule has 1 atom stereocenters. The molecule has 8 heteroatoms. The van der Waals surface area contributed by atoms with E-state index in [0.717, 1.165) is 22.4 Å². The summed E-state index contributed by atoms with van der Waals surface area (Å²) in [6.07, 6.45) is 1.49. The number of anilines is 1. The Hall–Kier alpha value is -3.29. The highest BCUT2D eigenvalue weighted by Gasteiger charge is 2.22. The quantitative estimate of drug-likeness (QED) is 0.592. The van der Waals surface area contributed by atoms with Crippen molar-refractivity contribution in [1.29, 1.82) is 0 Å². The van der Waals surface area contributed by atoms with Crippen LogP contribution >= 0.6 is 0 Å². The molecule has 1 aliphatic heterocycles. The largest absolute Gasteiger partial charge is 0.486 e. The number of aromatic nitrogens is 3. The van der Waals surface area contributed by atoms with Gasteiger partial charge in [-0.3, -0.25) is 4.79 Å². The zero-order valence-corrected chi connectivity index (χ0v) is 16.8. The first-order chi connectivity index (χ1) is 14.1.